The monoisotopic (exact) mass is 360 g/mol. The number of hydrogen-bond acceptors (Lipinski definition) is 3. The minimum atomic E-state index is -0.243. The van der Waals surface area contributed by atoms with Gasteiger partial charge in [0.15, 0.2) is 0 Å². The van der Waals surface area contributed by atoms with Crippen LogP contribution in [-0.4, -0.2) is 18.9 Å². The molecule has 0 aliphatic heterocycles. The normalized spacial score (nSPS) is 10.1. The second-order valence-electron chi connectivity index (χ2n) is 5.91. The van der Waals surface area contributed by atoms with E-state index in [2.05, 4.69) is 10.6 Å². The Morgan fingerprint density at radius 3 is 2.26 bits per heavy atom. The molecular formula is C22H20N2O3. The molecule has 0 spiro atoms. The molecule has 136 valence electrons. The maximum absolute atomic E-state index is 12.5. The molecule has 5 heteroatoms. The molecular weight excluding hydrogens is 340 g/mol. The third kappa shape index (κ3) is 4.95. The van der Waals surface area contributed by atoms with Gasteiger partial charge in [0.25, 0.3) is 11.8 Å². The Hall–Kier alpha value is -3.60. The van der Waals surface area contributed by atoms with Crippen molar-refractivity contribution in [3.05, 3.63) is 95.6 Å². The Morgan fingerprint density at radius 2 is 1.56 bits per heavy atom. The molecule has 2 N–H and O–H groups in total. The third-order valence-electron chi connectivity index (χ3n) is 3.98. The Morgan fingerprint density at radius 1 is 0.815 bits per heavy atom. The first-order chi connectivity index (χ1) is 13.2. The highest BCUT2D eigenvalue weighted by Gasteiger charge is 2.09. The van der Waals surface area contributed by atoms with Crippen molar-refractivity contribution >= 4 is 17.5 Å². The molecule has 3 aromatic carbocycles. The summed E-state index contributed by atoms with van der Waals surface area (Å²) < 4.78 is 5.76. The van der Waals surface area contributed by atoms with E-state index in [1.807, 2.05) is 36.4 Å². The summed E-state index contributed by atoms with van der Waals surface area (Å²) in [7, 11) is 1.57. The molecule has 0 aliphatic rings. The summed E-state index contributed by atoms with van der Waals surface area (Å²) in [5.41, 5.74) is 2.70. The van der Waals surface area contributed by atoms with Gasteiger partial charge >= 0.3 is 0 Å². The summed E-state index contributed by atoms with van der Waals surface area (Å²) in [6.07, 6.45) is 0. The lowest BCUT2D eigenvalue weighted by Crippen LogP contribution is -2.17. The van der Waals surface area contributed by atoms with Crippen molar-refractivity contribution in [2.24, 2.45) is 0 Å². The van der Waals surface area contributed by atoms with Crippen molar-refractivity contribution in [2.45, 2.75) is 6.61 Å². The van der Waals surface area contributed by atoms with Gasteiger partial charge in [0.05, 0.1) is 0 Å². The number of amides is 2. The van der Waals surface area contributed by atoms with Gasteiger partial charge in [-0.15, -0.1) is 0 Å². The van der Waals surface area contributed by atoms with Crippen molar-refractivity contribution in [1.82, 2.24) is 5.32 Å². The summed E-state index contributed by atoms with van der Waals surface area (Å²) in [5, 5.41) is 5.37. The maximum Gasteiger partial charge on any atom is 0.255 e. The predicted octanol–water partition coefficient (Wildman–Crippen LogP) is 3.88. The first kappa shape index (κ1) is 18.2. The summed E-state index contributed by atoms with van der Waals surface area (Å²) in [6, 6.07) is 23.6. The smallest absolute Gasteiger partial charge is 0.255 e. The van der Waals surface area contributed by atoms with Crippen molar-refractivity contribution in [3.8, 4) is 5.75 Å². The number of carbonyl (C=O) groups is 2. The zero-order valence-corrected chi connectivity index (χ0v) is 14.9. The molecule has 0 aliphatic carbocycles. The second-order valence-corrected chi connectivity index (χ2v) is 5.91. The molecule has 0 bridgehead atoms. The van der Waals surface area contributed by atoms with Gasteiger partial charge in [0.1, 0.15) is 12.4 Å². The van der Waals surface area contributed by atoms with Crippen LogP contribution >= 0.6 is 0 Å². The Labute approximate surface area is 158 Å². The first-order valence-electron chi connectivity index (χ1n) is 8.56. The summed E-state index contributed by atoms with van der Waals surface area (Å²) in [5.74, 6) is 0.213. The van der Waals surface area contributed by atoms with Crippen LogP contribution in [0.5, 0.6) is 5.75 Å². The Balaban J connectivity index is 1.63. The van der Waals surface area contributed by atoms with Gasteiger partial charge in [-0.25, -0.2) is 0 Å². The van der Waals surface area contributed by atoms with Crippen LogP contribution in [0.2, 0.25) is 0 Å². The van der Waals surface area contributed by atoms with Crippen molar-refractivity contribution in [1.29, 1.82) is 0 Å². The number of nitrogens with one attached hydrogen (secondary N) is 2. The van der Waals surface area contributed by atoms with E-state index in [1.54, 1.807) is 49.5 Å². The minimum absolute atomic E-state index is 0.170. The summed E-state index contributed by atoms with van der Waals surface area (Å²) in [4.78, 5) is 24.0. The lowest BCUT2D eigenvalue weighted by molar-refractivity contribution is 0.0962. The van der Waals surface area contributed by atoms with E-state index >= 15 is 0 Å². The molecule has 0 unspecified atom stereocenters. The number of carbonyl (C=O) groups excluding carboxylic acids is 2. The van der Waals surface area contributed by atoms with Gasteiger partial charge in [-0.3, -0.25) is 9.59 Å². The van der Waals surface area contributed by atoms with Gasteiger partial charge in [-0.05, 0) is 48.0 Å². The molecule has 0 heterocycles. The minimum Gasteiger partial charge on any atom is -0.489 e. The fraction of sp³-hybridized carbons (Fsp3) is 0.0909. The zero-order chi connectivity index (χ0) is 19.1. The molecule has 27 heavy (non-hydrogen) atoms. The molecule has 2 amide bonds. The lowest BCUT2D eigenvalue weighted by Gasteiger charge is -2.09. The van der Waals surface area contributed by atoms with Crippen LogP contribution in [-0.2, 0) is 6.61 Å². The van der Waals surface area contributed by atoms with Crippen LogP contribution < -0.4 is 15.4 Å². The van der Waals surface area contributed by atoms with Crippen molar-refractivity contribution in [2.75, 3.05) is 12.4 Å². The van der Waals surface area contributed by atoms with E-state index in [1.165, 1.54) is 0 Å². The summed E-state index contributed by atoms with van der Waals surface area (Å²) in [6.45, 7) is 0.437. The van der Waals surface area contributed by atoms with E-state index in [4.69, 9.17) is 4.74 Å². The second kappa shape index (κ2) is 8.67. The third-order valence-corrected chi connectivity index (χ3v) is 3.98. The van der Waals surface area contributed by atoms with E-state index in [9.17, 15) is 9.59 Å². The number of anilines is 1. The average molecular weight is 360 g/mol. The van der Waals surface area contributed by atoms with Gasteiger partial charge in [0, 0.05) is 23.9 Å². The molecule has 3 rings (SSSR count). The molecule has 5 nitrogen and oxygen atoms in total. The van der Waals surface area contributed by atoms with Crippen LogP contribution in [0.15, 0.2) is 78.9 Å². The van der Waals surface area contributed by atoms with Crippen LogP contribution in [0, 0.1) is 0 Å². The SMILES string of the molecule is CNC(=O)c1ccc(NC(=O)c2cccc(OCc3ccccc3)c2)cc1. The maximum atomic E-state index is 12.5. The quantitative estimate of drug-likeness (QED) is 0.701. The van der Waals surface area contributed by atoms with Crippen LogP contribution in [0.25, 0.3) is 0 Å². The number of benzene rings is 3. The highest BCUT2D eigenvalue weighted by molar-refractivity contribution is 6.04. The predicted molar refractivity (Wildman–Crippen MR) is 105 cm³/mol. The average Bonchev–Trinajstić information content (AvgIpc) is 2.73. The molecule has 0 atom stereocenters. The lowest BCUT2D eigenvalue weighted by atomic mass is 10.1. The molecule has 3 aromatic rings. The van der Waals surface area contributed by atoms with E-state index in [0.29, 0.717) is 29.2 Å². The standard InChI is InChI=1S/C22H20N2O3/c1-23-21(25)17-10-12-19(13-11-17)24-22(26)18-8-5-9-20(14-18)27-15-16-6-3-2-4-7-16/h2-14H,15H2,1H3,(H,23,25)(H,24,26). The topological polar surface area (TPSA) is 67.4 Å². The van der Waals surface area contributed by atoms with Crippen LogP contribution in [0.3, 0.4) is 0 Å². The number of rotatable bonds is 6. The van der Waals surface area contributed by atoms with Crippen LogP contribution in [0.4, 0.5) is 5.69 Å². The highest BCUT2D eigenvalue weighted by atomic mass is 16.5. The van der Waals surface area contributed by atoms with Gasteiger partial charge in [-0.2, -0.15) is 0 Å². The fourth-order valence-electron chi connectivity index (χ4n) is 2.52. The van der Waals surface area contributed by atoms with Crippen molar-refractivity contribution in [3.63, 3.8) is 0 Å². The summed E-state index contributed by atoms with van der Waals surface area (Å²) >= 11 is 0. The van der Waals surface area contributed by atoms with Gasteiger partial charge in [-0.1, -0.05) is 36.4 Å². The molecule has 0 saturated carbocycles. The fourth-order valence-corrected chi connectivity index (χ4v) is 2.52. The molecule has 0 aromatic heterocycles. The Bertz CT molecular complexity index is 922. The van der Waals surface area contributed by atoms with Crippen LogP contribution in [0.1, 0.15) is 26.3 Å². The number of hydrogen-bond donors (Lipinski definition) is 2. The van der Waals surface area contributed by atoms with E-state index in [-0.39, 0.29) is 11.8 Å². The highest BCUT2D eigenvalue weighted by Crippen LogP contribution is 2.17. The van der Waals surface area contributed by atoms with E-state index < -0.39 is 0 Å². The van der Waals surface area contributed by atoms with Crippen molar-refractivity contribution < 1.29 is 14.3 Å². The first-order valence-corrected chi connectivity index (χ1v) is 8.56. The van der Waals surface area contributed by atoms with Gasteiger partial charge < -0.3 is 15.4 Å². The van der Waals surface area contributed by atoms with Gasteiger partial charge in [0.2, 0.25) is 0 Å². The molecule has 0 saturated heterocycles. The number of ether oxygens (including phenoxy) is 1. The molecule has 0 radical (unpaired) electrons. The molecule has 0 fully saturated rings. The Kier molecular flexibility index (Phi) is 5.84. The zero-order valence-electron chi connectivity index (χ0n) is 14.9. The van der Waals surface area contributed by atoms with E-state index in [0.717, 1.165) is 5.56 Å². The largest absolute Gasteiger partial charge is 0.489 e.